The molecule has 2 aliphatic rings. The van der Waals surface area contributed by atoms with Gasteiger partial charge in [-0.15, -0.1) is 35.1 Å². The van der Waals surface area contributed by atoms with Crippen LogP contribution < -0.4 is 5.32 Å². The summed E-state index contributed by atoms with van der Waals surface area (Å²) in [5, 5.41) is 6.86. The van der Waals surface area contributed by atoms with Gasteiger partial charge < -0.3 is 5.32 Å². The molecule has 1 fully saturated rings. The van der Waals surface area contributed by atoms with Crippen LogP contribution in [0, 0.1) is 12.3 Å². The van der Waals surface area contributed by atoms with E-state index in [4.69, 9.17) is 0 Å². The lowest BCUT2D eigenvalue weighted by atomic mass is 9.88. The van der Waals surface area contributed by atoms with E-state index in [1.165, 1.54) is 55.2 Å². The Hall–Kier alpha value is -0.460. The molecule has 0 saturated carbocycles. The van der Waals surface area contributed by atoms with Gasteiger partial charge in [0.25, 0.3) is 0 Å². The van der Waals surface area contributed by atoms with Gasteiger partial charge >= 0.3 is 0 Å². The monoisotopic (exact) mass is 369 g/mol. The molecule has 0 bridgehead atoms. The van der Waals surface area contributed by atoms with Gasteiger partial charge in [0.15, 0.2) is 0 Å². The first kappa shape index (κ1) is 17.4. The van der Waals surface area contributed by atoms with Crippen LogP contribution in [0.2, 0.25) is 0 Å². The third kappa shape index (κ3) is 3.64. The van der Waals surface area contributed by atoms with E-state index in [1.807, 2.05) is 11.3 Å². The van der Waals surface area contributed by atoms with Crippen molar-refractivity contribution in [2.75, 3.05) is 26.2 Å². The maximum Gasteiger partial charge on any atom is 0.0914 e. The van der Waals surface area contributed by atoms with Gasteiger partial charge in [0.05, 0.1) is 15.6 Å². The molecule has 3 nitrogen and oxygen atoms in total. The van der Waals surface area contributed by atoms with Gasteiger partial charge in [0.1, 0.15) is 0 Å². The van der Waals surface area contributed by atoms with Crippen LogP contribution in [0.15, 0.2) is 11.4 Å². The molecular formula is C17H24ClN3S2. The van der Waals surface area contributed by atoms with E-state index in [-0.39, 0.29) is 12.4 Å². The molecule has 0 radical (unpaired) electrons. The lowest BCUT2D eigenvalue weighted by Gasteiger charge is -2.34. The molecule has 126 valence electrons. The second kappa shape index (κ2) is 6.81. The SMILES string of the molecule is Cc1nc(-c2cc3c(s2)CCN(CC2(C)CCNC2)C3)cs1.Cl. The lowest BCUT2D eigenvalue weighted by Crippen LogP contribution is -2.39. The summed E-state index contributed by atoms with van der Waals surface area (Å²) in [4.78, 5) is 10.2. The van der Waals surface area contributed by atoms with Gasteiger partial charge in [0, 0.05) is 36.4 Å². The van der Waals surface area contributed by atoms with E-state index < -0.39 is 0 Å². The van der Waals surface area contributed by atoms with Crippen molar-refractivity contribution >= 4 is 35.1 Å². The highest BCUT2D eigenvalue weighted by Crippen LogP contribution is 2.36. The van der Waals surface area contributed by atoms with Crippen LogP contribution in [0.1, 0.15) is 28.8 Å². The summed E-state index contributed by atoms with van der Waals surface area (Å²) >= 11 is 3.70. The first-order chi connectivity index (χ1) is 10.6. The fourth-order valence-electron chi connectivity index (χ4n) is 3.67. The molecule has 1 atom stereocenters. The highest BCUT2D eigenvalue weighted by molar-refractivity contribution is 7.16. The Labute approximate surface area is 152 Å². The van der Waals surface area contributed by atoms with E-state index in [1.54, 1.807) is 16.2 Å². The topological polar surface area (TPSA) is 28.2 Å². The molecule has 0 aromatic carbocycles. The van der Waals surface area contributed by atoms with Crippen LogP contribution in [-0.4, -0.2) is 36.1 Å². The zero-order valence-corrected chi connectivity index (χ0v) is 16.2. The minimum absolute atomic E-state index is 0. The highest BCUT2D eigenvalue weighted by atomic mass is 35.5. The maximum atomic E-state index is 4.64. The molecule has 4 heterocycles. The average Bonchev–Trinajstić information content (AvgIpc) is 3.18. The molecule has 2 aromatic rings. The number of hydrogen-bond acceptors (Lipinski definition) is 5. The average molecular weight is 370 g/mol. The molecular weight excluding hydrogens is 346 g/mol. The van der Waals surface area contributed by atoms with Crippen molar-refractivity contribution in [1.82, 2.24) is 15.2 Å². The third-order valence-electron chi connectivity index (χ3n) is 4.88. The fourth-order valence-corrected chi connectivity index (χ4v) is 5.48. The summed E-state index contributed by atoms with van der Waals surface area (Å²) in [5.74, 6) is 0. The molecule has 0 amide bonds. The third-order valence-corrected chi connectivity index (χ3v) is 6.91. The molecule has 1 N–H and O–H groups in total. The van der Waals surface area contributed by atoms with Gasteiger partial charge in [-0.05, 0) is 43.4 Å². The fraction of sp³-hybridized carbons (Fsp3) is 0.588. The van der Waals surface area contributed by atoms with E-state index in [0.29, 0.717) is 5.41 Å². The Balaban J connectivity index is 0.00000156. The number of nitrogens with zero attached hydrogens (tertiary/aromatic N) is 2. The van der Waals surface area contributed by atoms with Crippen LogP contribution in [-0.2, 0) is 13.0 Å². The molecule has 0 spiro atoms. The molecule has 0 aliphatic carbocycles. The number of thiophene rings is 1. The molecule has 6 heteroatoms. The molecule has 2 aromatic heterocycles. The van der Waals surface area contributed by atoms with Crippen molar-refractivity contribution in [1.29, 1.82) is 0 Å². The number of thiazole rings is 1. The molecule has 4 rings (SSSR count). The minimum atomic E-state index is 0. The summed E-state index contributed by atoms with van der Waals surface area (Å²) in [6.07, 6.45) is 2.51. The largest absolute Gasteiger partial charge is 0.316 e. The number of fused-ring (bicyclic) bond motifs is 1. The van der Waals surface area contributed by atoms with E-state index in [9.17, 15) is 0 Å². The Morgan fingerprint density at radius 3 is 3.00 bits per heavy atom. The quantitative estimate of drug-likeness (QED) is 0.887. The first-order valence-corrected chi connectivity index (χ1v) is 9.78. The maximum absolute atomic E-state index is 4.64. The van der Waals surface area contributed by atoms with Crippen molar-refractivity contribution in [3.05, 3.63) is 26.9 Å². The second-order valence-corrected chi connectivity index (χ2v) is 9.21. The predicted molar refractivity (Wildman–Crippen MR) is 102 cm³/mol. The Morgan fingerprint density at radius 1 is 1.43 bits per heavy atom. The summed E-state index contributed by atoms with van der Waals surface area (Å²) in [5.41, 5.74) is 3.16. The molecule has 1 unspecified atom stereocenters. The Morgan fingerprint density at radius 2 is 2.30 bits per heavy atom. The van der Waals surface area contributed by atoms with Gasteiger partial charge in [-0.1, -0.05) is 6.92 Å². The molecule has 2 aliphatic heterocycles. The Bertz CT molecular complexity index is 673. The summed E-state index contributed by atoms with van der Waals surface area (Å²) in [7, 11) is 0. The van der Waals surface area contributed by atoms with Crippen molar-refractivity contribution in [3.8, 4) is 10.6 Å². The zero-order valence-electron chi connectivity index (χ0n) is 13.7. The van der Waals surface area contributed by atoms with Crippen molar-refractivity contribution in [2.24, 2.45) is 5.41 Å². The van der Waals surface area contributed by atoms with E-state index in [0.717, 1.165) is 11.6 Å². The van der Waals surface area contributed by atoms with Gasteiger partial charge in [0.2, 0.25) is 0 Å². The summed E-state index contributed by atoms with van der Waals surface area (Å²) < 4.78 is 0. The zero-order chi connectivity index (χ0) is 15.2. The first-order valence-electron chi connectivity index (χ1n) is 8.08. The number of rotatable bonds is 3. The van der Waals surface area contributed by atoms with Crippen molar-refractivity contribution in [2.45, 2.75) is 33.2 Å². The van der Waals surface area contributed by atoms with Gasteiger partial charge in [-0.25, -0.2) is 4.98 Å². The van der Waals surface area contributed by atoms with Crippen molar-refractivity contribution < 1.29 is 0 Å². The lowest BCUT2D eigenvalue weighted by molar-refractivity contribution is 0.165. The normalized spacial score (nSPS) is 24.4. The van der Waals surface area contributed by atoms with Gasteiger partial charge in [-0.2, -0.15) is 0 Å². The molecule has 23 heavy (non-hydrogen) atoms. The highest BCUT2D eigenvalue weighted by Gasteiger charge is 2.32. The van der Waals surface area contributed by atoms with Crippen LogP contribution in [0.25, 0.3) is 10.6 Å². The van der Waals surface area contributed by atoms with Crippen LogP contribution in [0.3, 0.4) is 0 Å². The van der Waals surface area contributed by atoms with Crippen LogP contribution in [0.5, 0.6) is 0 Å². The predicted octanol–water partition coefficient (Wildman–Crippen LogP) is 3.96. The van der Waals surface area contributed by atoms with Crippen LogP contribution >= 0.6 is 35.1 Å². The number of aromatic nitrogens is 1. The standard InChI is InChI=1S/C17H23N3S2.ClH/c1-12-19-14(9-21-12)16-7-13-8-20(6-3-15(13)22-16)11-17(2)4-5-18-10-17;/h7,9,18H,3-6,8,10-11H2,1-2H3;1H. The number of nitrogens with one attached hydrogen (secondary N) is 1. The summed E-state index contributed by atoms with van der Waals surface area (Å²) in [6, 6.07) is 2.38. The molecule has 1 saturated heterocycles. The van der Waals surface area contributed by atoms with Crippen molar-refractivity contribution in [3.63, 3.8) is 0 Å². The summed E-state index contributed by atoms with van der Waals surface area (Å²) in [6.45, 7) is 10.4. The van der Waals surface area contributed by atoms with Gasteiger partial charge in [-0.3, -0.25) is 4.90 Å². The number of aryl methyl sites for hydroxylation is 1. The van der Waals surface area contributed by atoms with Crippen LogP contribution in [0.4, 0.5) is 0 Å². The van der Waals surface area contributed by atoms with E-state index >= 15 is 0 Å². The number of hydrogen-bond donors (Lipinski definition) is 1. The smallest absolute Gasteiger partial charge is 0.0914 e. The minimum Gasteiger partial charge on any atom is -0.316 e. The number of halogens is 1. The van der Waals surface area contributed by atoms with E-state index in [2.05, 4.69) is 40.5 Å². The Kier molecular flexibility index (Phi) is 5.14. The second-order valence-electron chi connectivity index (χ2n) is 7.01.